The minimum absolute atomic E-state index is 0.0725. The number of hydrogen-bond donors (Lipinski definition) is 0. The molecular weight excluding hydrogens is 338 g/mol. The van der Waals surface area contributed by atoms with Crippen molar-refractivity contribution >= 4 is 17.5 Å². The second-order valence-electron chi connectivity index (χ2n) is 6.13. The quantitative estimate of drug-likeness (QED) is 0.713. The van der Waals surface area contributed by atoms with Gasteiger partial charge in [0.25, 0.3) is 0 Å². The average Bonchev–Trinajstić information content (AvgIpc) is 3.24. The smallest absolute Gasteiger partial charge is 0.232 e. The van der Waals surface area contributed by atoms with Crippen LogP contribution in [0.3, 0.4) is 0 Å². The molecule has 0 aliphatic carbocycles. The van der Waals surface area contributed by atoms with E-state index < -0.39 is 0 Å². The molecule has 126 valence electrons. The third kappa shape index (κ3) is 3.42. The van der Waals surface area contributed by atoms with E-state index in [-0.39, 0.29) is 11.8 Å². The highest BCUT2D eigenvalue weighted by Crippen LogP contribution is 2.30. The van der Waals surface area contributed by atoms with Crippen LogP contribution in [0.1, 0.15) is 23.8 Å². The van der Waals surface area contributed by atoms with Crippen molar-refractivity contribution in [1.82, 2.24) is 15.0 Å². The predicted molar refractivity (Wildman–Crippen MR) is 94.0 cm³/mol. The lowest BCUT2D eigenvalue weighted by Gasteiger charge is -2.15. The van der Waals surface area contributed by atoms with E-state index in [2.05, 4.69) is 10.1 Å². The number of nitrogens with zero attached hydrogens (tertiary/aromatic N) is 3. The third-order valence-electron chi connectivity index (χ3n) is 4.30. The molecule has 4 rings (SSSR count). The Bertz CT molecular complexity index is 894. The molecule has 2 heterocycles. The van der Waals surface area contributed by atoms with Gasteiger partial charge in [-0.3, -0.25) is 4.79 Å². The van der Waals surface area contributed by atoms with Crippen LogP contribution in [-0.2, 0) is 11.3 Å². The summed E-state index contributed by atoms with van der Waals surface area (Å²) in [6, 6.07) is 17.3. The largest absolute Gasteiger partial charge is 0.339 e. The summed E-state index contributed by atoms with van der Waals surface area (Å²) >= 11 is 6.01. The number of hydrogen-bond acceptors (Lipinski definition) is 4. The second-order valence-corrected chi connectivity index (χ2v) is 6.56. The Balaban J connectivity index is 1.49. The molecule has 1 saturated heterocycles. The third-order valence-corrected chi connectivity index (χ3v) is 4.54. The molecule has 1 amide bonds. The summed E-state index contributed by atoms with van der Waals surface area (Å²) in [5.74, 6) is 1.03. The number of likely N-dealkylation sites (tertiary alicyclic amines) is 1. The molecule has 1 aliphatic rings. The van der Waals surface area contributed by atoms with Gasteiger partial charge in [0.05, 0.1) is 5.92 Å². The molecule has 0 bridgehead atoms. The summed E-state index contributed by atoms with van der Waals surface area (Å²) in [6.45, 7) is 1.19. The van der Waals surface area contributed by atoms with Gasteiger partial charge >= 0.3 is 0 Å². The van der Waals surface area contributed by atoms with Crippen molar-refractivity contribution in [3.63, 3.8) is 0 Å². The molecule has 0 N–H and O–H groups in total. The molecule has 0 spiro atoms. The van der Waals surface area contributed by atoms with Gasteiger partial charge in [-0.05, 0) is 17.7 Å². The first-order chi connectivity index (χ1) is 12.2. The van der Waals surface area contributed by atoms with Crippen LogP contribution in [0.4, 0.5) is 0 Å². The molecule has 1 aliphatic heterocycles. The van der Waals surface area contributed by atoms with E-state index in [0.717, 1.165) is 11.1 Å². The SMILES string of the molecule is O=C1CC(c2nc(-c3cccc(Cl)c3)no2)CN1Cc1ccccc1. The Labute approximate surface area is 150 Å². The predicted octanol–water partition coefficient (Wildman–Crippen LogP) is 3.91. The Kier molecular flexibility index (Phi) is 4.24. The molecule has 25 heavy (non-hydrogen) atoms. The van der Waals surface area contributed by atoms with E-state index in [0.29, 0.717) is 36.2 Å². The van der Waals surface area contributed by atoms with Crippen LogP contribution in [0, 0.1) is 0 Å². The van der Waals surface area contributed by atoms with E-state index in [1.165, 1.54) is 0 Å². The van der Waals surface area contributed by atoms with E-state index >= 15 is 0 Å². The monoisotopic (exact) mass is 353 g/mol. The number of rotatable bonds is 4. The first-order valence-corrected chi connectivity index (χ1v) is 8.48. The van der Waals surface area contributed by atoms with Crippen molar-refractivity contribution in [1.29, 1.82) is 0 Å². The second kappa shape index (κ2) is 6.69. The van der Waals surface area contributed by atoms with Gasteiger partial charge in [-0.2, -0.15) is 4.98 Å². The topological polar surface area (TPSA) is 59.2 Å². The van der Waals surface area contributed by atoms with Gasteiger partial charge in [0.15, 0.2) is 0 Å². The van der Waals surface area contributed by atoms with Gasteiger partial charge in [-0.15, -0.1) is 0 Å². The Morgan fingerprint density at radius 1 is 1.16 bits per heavy atom. The van der Waals surface area contributed by atoms with E-state index in [1.807, 2.05) is 47.4 Å². The van der Waals surface area contributed by atoms with Crippen molar-refractivity contribution in [2.75, 3.05) is 6.54 Å². The van der Waals surface area contributed by atoms with Crippen LogP contribution in [-0.4, -0.2) is 27.5 Å². The summed E-state index contributed by atoms with van der Waals surface area (Å²) in [6.07, 6.45) is 0.393. The zero-order chi connectivity index (χ0) is 17.2. The molecule has 3 aromatic rings. The molecule has 0 radical (unpaired) electrons. The maximum absolute atomic E-state index is 12.3. The fraction of sp³-hybridized carbons (Fsp3) is 0.211. The van der Waals surface area contributed by atoms with Crippen molar-refractivity contribution < 1.29 is 9.32 Å². The van der Waals surface area contributed by atoms with Crippen LogP contribution in [0.25, 0.3) is 11.4 Å². The molecular formula is C19H16ClN3O2. The van der Waals surface area contributed by atoms with E-state index in [9.17, 15) is 4.79 Å². The van der Waals surface area contributed by atoms with Crippen molar-refractivity contribution in [2.45, 2.75) is 18.9 Å². The molecule has 6 heteroatoms. The van der Waals surface area contributed by atoms with Crippen LogP contribution >= 0.6 is 11.6 Å². The lowest BCUT2D eigenvalue weighted by molar-refractivity contribution is -0.128. The van der Waals surface area contributed by atoms with Gasteiger partial charge < -0.3 is 9.42 Å². The van der Waals surface area contributed by atoms with Crippen LogP contribution in [0.2, 0.25) is 5.02 Å². The van der Waals surface area contributed by atoms with Crippen LogP contribution < -0.4 is 0 Å². The lowest BCUT2D eigenvalue weighted by atomic mass is 10.1. The van der Waals surface area contributed by atoms with Gasteiger partial charge in [0.1, 0.15) is 0 Å². The average molecular weight is 354 g/mol. The normalized spacial score (nSPS) is 17.2. The molecule has 5 nitrogen and oxygen atoms in total. The fourth-order valence-electron chi connectivity index (χ4n) is 3.04. The Morgan fingerprint density at radius 2 is 2.00 bits per heavy atom. The zero-order valence-electron chi connectivity index (χ0n) is 13.4. The summed E-state index contributed by atoms with van der Waals surface area (Å²) in [4.78, 5) is 18.6. The highest BCUT2D eigenvalue weighted by molar-refractivity contribution is 6.30. The fourth-order valence-corrected chi connectivity index (χ4v) is 3.23. The zero-order valence-corrected chi connectivity index (χ0v) is 14.2. The number of amides is 1. The summed E-state index contributed by atoms with van der Waals surface area (Å²) < 4.78 is 5.41. The van der Waals surface area contributed by atoms with Crippen molar-refractivity contribution in [3.8, 4) is 11.4 Å². The molecule has 1 aromatic heterocycles. The maximum atomic E-state index is 12.3. The Morgan fingerprint density at radius 3 is 2.80 bits per heavy atom. The van der Waals surface area contributed by atoms with Crippen molar-refractivity contribution in [2.24, 2.45) is 0 Å². The number of benzene rings is 2. The van der Waals surface area contributed by atoms with Gasteiger partial charge in [0.2, 0.25) is 17.6 Å². The molecule has 1 fully saturated rings. The lowest BCUT2D eigenvalue weighted by Crippen LogP contribution is -2.24. The first kappa shape index (κ1) is 15.8. The van der Waals surface area contributed by atoms with Gasteiger partial charge in [-0.1, -0.05) is 59.2 Å². The number of carbonyl (C=O) groups is 1. The Hall–Kier alpha value is -2.66. The highest BCUT2D eigenvalue weighted by atomic mass is 35.5. The van der Waals surface area contributed by atoms with Crippen LogP contribution in [0.5, 0.6) is 0 Å². The van der Waals surface area contributed by atoms with Gasteiger partial charge in [-0.25, -0.2) is 0 Å². The van der Waals surface area contributed by atoms with Crippen LogP contribution in [0.15, 0.2) is 59.1 Å². The van der Waals surface area contributed by atoms with E-state index in [1.54, 1.807) is 12.1 Å². The summed E-state index contributed by atoms with van der Waals surface area (Å²) in [5.41, 5.74) is 1.91. The summed E-state index contributed by atoms with van der Waals surface area (Å²) in [7, 11) is 0. The molecule has 2 aromatic carbocycles. The van der Waals surface area contributed by atoms with E-state index in [4.69, 9.17) is 16.1 Å². The minimum atomic E-state index is -0.0725. The van der Waals surface area contributed by atoms with Gasteiger partial charge in [0, 0.05) is 30.1 Å². The standard InChI is InChI=1S/C19H16ClN3O2/c20-16-8-4-7-14(9-16)18-21-19(25-22-18)15-10-17(24)23(12-15)11-13-5-2-1-3-6-13/h1-9,15H,10-12H2. The maximum Gasteiger partial charge on any atom is 0.232 e. The first-order valence-electron chi connectivity index (χ1n) is 8.10. The molecule has 0 saturated carbocycles. The molecule has 1 unspecified atom stereocenters. The molecule has 1 atom stereocenters. The number of aromatic nitrogens is 2. The number of halogens is 1. The summed E-state index contributed by atoms with van der Waals surface area (Å²) in [5, 5.41) is 4.65. The minimum Gasteiger partial charge on any atom is -0.339 e. The number of carbonyl (C=O) groups excluding carboxylic acids is 1. The highest BCUT2D eigenvalue weighted by Gasteiger charge is 2.34. The van der Waals surface area contributed by atoms with Crippen molar-refractivity contribution in [3.05, 3.63) is 71.1 Å².